The molecule has 0 aliphatic rings. The van der Waals surface area contributed by atoms with Gasteiger partial charge in [-0.25, -0.2) is 0 Å². The molecule has 0 aliphatic carbocycles. The summed E-state index contributed by atoms with van der Waals surface area (Å²) in [6.07, 6.45) is 0.552. The van der Waals surface area contributed by atoms with Gasteiger partial charge in [0.05, 0.1) is 12.5 Å². The van der Waals surface area contributed by atoms with Crippen LogP contribution in [0.2, 0.25) is 0 Å². The van der Waals surface area contributed by atoms with Crippen LogP contribution >= 0.6 is 15.9 Å². The highest BCUT2D eigenvalue weighted by atomic mass is 79.9. The summed E-state index contributed by atoms with van der Waals surface area (Å²) in [4.78, 5) is 0. The number of hydrogen-bond donors (Lipinski definition) is 1. The molecular formula is C11H13BrN2. The molecule has 1 N–H and O–H groups in total. The SMILES string of the molecule is CC(CC#N)NCc1ccc(Br)cc1. The monoisotopic (exact) mass is 252 g/mol. The molecule has 1 aromatic rings. The van der Waals surface area contributed by atoms with E-state index >= 15 is 0 Å². The third-order valence-corrected chi connectivity index (χ3v) is 2.49. The van der Waals surface area contributed by atoms with Gasteiger partial charge in [-0.3, -0.25) is 0 Å². The molecular weight excluding hydrogens is 240 g/mol. The molecule has 0 fully saturated rings. The Hall–Kier alpha value is -0.850. The molecule has 0 saturated carbocycles. The van der Waals surface area contributed by atoms with Crippen LogP contribution in [0.3, 0.4) is 0 Å². The van der Waals surface area contributed by atoms with Crippen molar-refractivity contribution in [3.05, 3.63) is 34.3 Å². The Morgan fingerprint density at radius 3 is 2.64 bits per heavy atom. The highest BCUT2D eigenvalue weighted by Gasteiger charge is 1.99. The van der Waals surface area contributed by atoms with E-state index in [1.807, 2.05) is 19.1 Å². The first kappa shape index (κ1) is 11.2. The van der Waals surface area contributed by atoms with E-state index in [0.717, 1.165) is 11.0 Å². The molecule has 74 valence electrons. The Morgan fingerprint density at radius 1 is 1.43 bits per heavy atom. The topological polar surface area (TPSA) is 35.8 Å². The zero-order valence-electron chi connectivity index (χ0n) is 8.13. The minimum Gasteiger partial charge on any atom is -0.309 e. The second-order valence-electron chi connectivity index (χ2n) is 3.27. The highest BCUT2D eigenvalue weighted by molar-refractivity contribution is 9.10. The van der Waals surface area contributed by atoms with Crippen molar-refractivity contribution in [3.63, 3.8) is 0 Å². The van der Waals surface area contributed by atoms with E-state index in [1.165, 1.54) is 5.56 Å². The minimum atomic E-state index is 0.253. The van der Waals surface area contributed by atoms with Crippen LogP contribution in [-0.2, 0) is 6.54 Å². The number of hydrogen-bond acceptors (Lipinski definition) is 2. The lowest BCUT2D eigenvalue weighted by atomic mass is 10.2. The van der Waals surface area contributed by atoms with E-state index in [2.05, 4.69) is 39.4 Å². The zero-order chi connectivity index (χ0) is 10.4. The van der Waals surface area contributed by atoms with Crippen molar-refractivity contribution in [1.82, 2.24) is 5.32 Å². The van der Waals surface area contributed by atoms with Crippen LogP contribution < -0.4 is 5.32 Å². The molecule has 0 amide bonds. The molecule has 1 atom stereocenters. The highest BCUT2D eigenvalue weighted by Crippen LogP contribution is 2.10. The van der Waals surface area contributed by atoms with Crippen molar-refractivity contribution < 1.29 is 0 Å². The lowest BCUT2D eigenvalue weighted by Crippen LogP contribution is -2.24. The fourth-order valence-electron chi connectivity index (χ4n) is 1.10. The number of rotatable bonds is 4. The normalized spacial score (nSPS) is 12.1. The van der Waals surface area contributed by atoms with Gasteiger partial charge in [-0.05, 0) is 24.6 Å². The third kappa shape index (κ3) is 3.91. The second-order valence-corrected chi connectivity index (χ2v) is 4.19. The van der Waals surface area contributed by atoms with Gasteiger partial charge in [0.15, 0.2) is 0 Å². The predicted molar refractivity (Wildman–Crippen MR) is 60.7 cm³/mol. The maximum atomic E-state index is 8.47. The third-order valence-electron chi connectivity index (χ3n) is 1.97. The Bertz CT molecular complexity index is 313. The number of benzene rings is 1. The van der Waals surface area contributed by atoms with Crippen LogP contribution in [-0.4, -0.2) is 6.04 Å². The standard InChI is InChI=1S/C11H13BrN2/c1-9(6-7-13)14-8-10-2-4-11(12)5-3-10/h2-5,9,14H,6,8H2,1H3. The van der Waals surface area contributed by atoms with Crippen molar-refractivity contribution in [2.45, 2.75) is 25.9 Å². The first-order chi connectivity index (χ1) is 6.72. The van der Waals surface area contributed by atoms with Crippen LogP contribution in [0.1, 0.15) is 18.9 Å². The maximum Gasteiger partial charge on any atom is 0.0638 e. The summed E-state index contributed by atoms with van der Waals surface area (Å²) in [5.74, 6) is 0. The summed E-state index contributed by atoms with van der Waals surface area (Å²) in [5, 5.41) is 11.8. The molecule has 14 heavy (non-hydrogen) atoms. The van der Waals surface area contributed by atoms with Crippen LogP contribution in [0.4, 0.5) is 0 Å². The van der Waals surface area contributed by atoms with Gasteiger partial charge in [-0.1, -0.05) is 28.1 Å². The fraction of sp³-hybridized carbons (Fsp3) is 0.364. The first-order valence-corrected chi connectivity index (χ1v) is 5.36. The van der Waals surface area contributed by atoms with Crippen molar-refractivity contribution >= 4 is 15.9 Å². The molecule has 2 nitrogen and oxygen atoms in total. The summed E-state index contributed by atoms with van der Waals surface area (Å²) in [6, 6.07) is 10.6. The van der Waals surface area contributed by atoms with E-state index in [1.54, 1.807) is 0 Å². The first-order valence-electron chi connectivity index (χ1n) is 4.57. The molecule has 1 aromatic carbocycles. The van der Waals surface area contributed by atoms with Gasteiger partial charge in [0, 0.05) is 17.1 Å². The minimum absolute atomic E-state index is 0.253. The van der Waals surface area contributed by atoms with Crippen LogP contribution in [0.5, 0.6) is 0 Å². The summed E-state index contributed by atoms with van der Waals surface area (Å²) in [7, 11) is 0. The lowest BCUT2D eigenvalue weighted by Gasteiger charge is -2.09. The number of nitrogens with one attached hydrogen (secondary N) is 1. The van der Waals surface area contributed by atoms with Crippen molar-refractivity contribution in [2.24, 2.45) is 0 Å². The van der Waals surface area contributed by atoms with Gasteiger partial charge in [0.25, 0.3) is 0 Å². The van der Waals surface area contributed by atoms with Crippen LogP contribution in [0.25, 0.3) is 0 Å². The molecule has 1 unspecified atom stereocenters. The van der Waals surface area contributed by atoms with Crippen molar-refractivity contribution in [3.8, 4) is 6.07 Å². The van der Waals surface area contributed by atoms with E-state index in [9.17, 15) is 0 Å². The van der Waals surface area contributed by atoms with Crippen molar-refractivity contribution in [1.29, 1.82) is 5.26 Å². The lowest BCUT2D eigenvalue weighted by molar-refractivity contribution is 0.557. The zero-order valence-corrected chi connectivity index (χ0v) is 9.71. The average Bonchev–Trinajstić information content (AvgIpc) is 2.17. The van der Waals surface area contributed by atoms with Gasteiger partial charge in [-0.15, -0.1) is 0 Å². The summed E-state index contributed by atoms with van der Waals surface area (Å²) < 4.78 is 1.09. The predicted octanol–water partition coefficient (Wildman–Crippen LogP) is 2.84. The summed E-state index contributed by atoms with van der Waals surface area (Å²) in [5.41, 5.74) is 1.23. The van der Waals surface area contributed by atoms with Crippen LogP contribution in [0, 0.1) is 11.3 Å². The van der Waals surface area contributed by atoms with E-state index in [0.29, 0.717) is 6.42 Å². The number of halogens is 1. The molecule has 0 aromatic heterocycles. The molecule has 3 heteroatoms. The van der Waals surface area contributed by atoms with E-state index < -0.39 is 0 Å². The van der Waals surface area contributed by atoms with Gasteiger partial charge in [0.2, 0.25) is 0 Å². The molecule has 0 spiro atoms. The smallest absolute Gasteiger partial charge is 0.0638 e. The maximum absolute atomic E-state index is 8.47. The Labute approximate surface area is 93.1 Å². The van der Waals surface area contributed by atoms with E-state index in [-0.39, 0.29) is 6.04 Å². The molecule has 0 heterocycles. The number of nitrogens with zero attached hydrogens (tertiary/aromatic N) is 1. The van der Waals surface area contributed by atoms with Gasteiger partial charge in [0.1, 0.15) is 0 Å². The van der Waals surface area contributed by atoms with Gasteiger partial charge in [-0.2, -0.15) is 5.26 Å². The average molecular weight is 253 g/mol. The number of nitriles is 1. The Kier molecular flexibility index (Phi) is 4.64. The van der Waals surface area contributed by atoms with Gasteiger partial charge < -0.3 is 5.32 Å². The summed E-state index contributed by atoms with van der Waals surface area (Å²) in [6.45, 7) is 2.83. The molecule has 1 rings (SSSR count). The largest absolute Gasteiger partial charge is 0.309 e. The molecule has 0 saturated heterocycles. The molecule has 0 radical (unpaired) electrons. The Balaban J connectivity index is 2.39. The molecule has 0 aliphatic heterocycles. The second kappa shape index (κ2) is 5.79. The van der Waals surface area contributed by atoms with Gasteiger partial charge >= 0.3 is 0 Å². The Morgan fingerprint density at radius 2 is 2.07 bits per heavy atom. The van der Waals surface area contributed by atoms with E-state index in [4.69, 9.17) is 5.26 Å². The molecule has 0 bridgehead atoms. The quantitative estimate of drug-likeness (QED) is 0.895. The fourth-order valence-corrected chi connectivity index (χ4v) is 1.37. The van der Waals surface area contributed by atoms with Crippen LogP contribution in [0.15, 0.2) is 28.7 Å². The van der Waals surface area contributed by atoms with Crippen molar-refractivity contribution in [2.75, 3.05) is 0 Å². The summed E-state index contributed by atoms with van der Waals surface area (Å²) >= 11 is 3.39.